The number of aryl methyl sites for hydroxylation is 1. The Hall–Kier alpha value is -0.310. The lowest BCUT2D eigenvalue weighted by atomic mass is 9.95. The van der Waals surface area contributed by atoms with Crippen LogP contribution in [0.4, 0.5) is 0 Å². The van der Waals surface area contributed by atoms with E-state index >= 15 is 0 Å². The number of hydrogen-bond acceptors (Lipinski definition) is 0. The number of imidazole rings is 1. The molecule has 0 N–H and O–H groups in total. The highest BCUT2D eigenvalue weighted by Crippen LogP contribution is 2.22. The van der Waals surface area contributed by atoms with Crippen LogP contribution >= 0.6 is 0 Å². The van der Waals surface area contributed by atoms with Gasteiger partial charge in [-0.15, -0.1) is 0 Å². The van der Waals surface area contributed by atoms with E-state index < -0.39 is 0 Å². The van der Waals surface area contributed by atoms with Gasteiger partial charge in [0.1, 0.15) is 11.4 Å². The van der Waals surface area contributed by atoms with E-state index in [1.54, 1.807) is 11.4 Å². The molecule has 2 rings (SSSR count). The SMILES string of the molecule is CCCCCCn1c[n+](CC(C)(C)C)c2c1CCCC2.[Br-]. The first-order valence-electron chi connectivity index (χ1n) is 8.61. The average Bonchev–Trinajstić information content (AvgIpc) is 2.72. The maximum absolute atomic E-state index is 2.57. The van der Waals surface area contributed by atoms with E-state index in [2.05, 4.69) is 43.2 Å². The lowest BCUT2D eigenvalue weighted by Crippen LogP contribution is -3.00. The van der Waals surface area contributed by atoms with Crippen LogP contribution in [0.2, 0.25) is 0 Å². The van der Waals surface area contributed by atoms with Crippen LogP contribution in [0.25, 0.3) is 0 Å². The molecule has 0 fully saturated rings. The van der Waals surface area contributed by atoms with Gasteiger partial charge in [0.05, 0.1) is 13.1 Å². The van der Waals surface area contributed by atoms with Crippen LogP contribution in [0.15, 0.2) is 6.33 Å². The van der Waals surface area contributed by atoms with Crippen molar-refractivity contribution in [2.24, 2.45) is 5.41 Å². The van der Waals surface area contributed by atoms with Gasteiger partial charge in [0.15, 0.2) is 0 Å². The number of hydrogen-bond donors (Lipinski definition) is 0. The molecule has 0 aromatic carbocycles. The van der Waals surface area contributed by atoms with Gasteiger partial charge in [-0.1, -0.05) is 40.5 Å². The zero-order chi connectivity index (χ0) is 14.6. The van der Waals surface area contributed by atoms with Crippen LogP contribution in [0.3, 0.4) is 0 Å². The minimum atomic E-state index is 0. The van der Waals surface area contributed by atoms with Crippen molar-refractivity contribution < 1.29 is 21.5 Å². The normalized spacial score (nSPS) is 14.7. The second-order valence-corrected chi connectivity index (χ2v) is 7.66. The van der Waals surface area contributed by atoms with E-state index in [4.69, 9.17) is 0 Å². The fraction of sp³-hybridized carbons (Fsp3) is 0.833. The lowest BCUT2D eigenvalue weighted by molar-refractivity contribution is -0.714. The number of nitrogens with zero attached hydrogens (tertiary/aromatic N) is 2. The van der Waals surface area contributed by atoms with Crippen LogP contribution in [0.1, 0.15) is 77.6 Å². The molecule has 0 amide bonds. The number of halogens is 1. The standard InChI is InChI=1S/C18H33N2.BrH/c1-5-6-7-10-13-19-15-20(14-18(2,3)4)17-12-9-8-11-16(17)19;/h15H,5-14H2,1-4H3;1H/q+1;/p-1. The summed E-state index contributed by atoms with van der Waals surface area (Å²) in [5.74, 6) is 0. The minimum Gasteiger partial charge on any atom is -1.00 e. The number of fused-ring (bicyclic) bond motifs is 1. The summed E-state index contributed by atoms with van der Waals surface area (Å²) in [4.78, 5) is 0. The smallest absolute Gasteiger partial charge is 0.244 e. The Morgan fingerprint density at radius 2 is 1.81 bits per heavy atom. The molecule has 1 aliphatic carbocycles. The molecule has 0 aliphatic heterocycles. The second kappa shape index (κ2) is 8.36. The van der Waals surface area contributed by atoms with Gasteiger partial charge >= 0.3 is 0 Å². The van der Waals surface area contributed by atoms with E-state index in [9.17, 15) is 0 Å². The van der Waals surface area contributed by atoms with Crippen molar-refractivity contribution in [3.63, 3.8) is 0 Å². The van der Waals surface area contributed by atoms with E-state index in [-0.39, 0.29) is 17.0 Å². The molecule has 1 aromatic rings. The molecule has 0 saturated carbocycles. The fourth-order valence-electron chi connectivity index (χ4n) is 3.35. The van der Waals surface area contributed by atoms with Crippen molar-refractivity contribution in [1.29, 1.82) is 0 Å². The summed E-state index contributed by atoms with van der Waals surface area (Å²) in [6.07, 6.45) is 13.2. The number of aromatic nitrogens is 2. The van der Waals surface area contributed by atoms with Gasteiger partial charge in [-0.3, -0.25) is 0 Å². The van der Waals surface area contributed by atoms with Gasteiger partial charge in [-0.05, 0) is 31.1 Å². The molecule has 2 nitrogen and oxygen atoms in total. The van der Waals surface area contributed by atoms with Gasteiger partial charge in [0.25, 0.3) is 0 Å². The molecule has 1 aromatic heterocycles. The van der Waals surface area contributed by atoms with Crippen LogP contribution in [0, 0.1) is 5.41 Å². The van der Waals surface area contributed by atoms with Crippen molar-refractivity contribution in [3.8, 4) is 0 Å². The van der Waals surface area contributed by atoms with Gasteiger partial charge in [-0.2, -0.15) is 0 Å². The average molecular weight is 357 g/mol. The molecule has 0 saturated heterocycles. The van der Waals surface area contributed by atoms with Crippen LogP contribution < -0.4 is 21.5 Å². The fourth-order valence-corrected chi connectivity index (χ4v) is 3.35. The zero-order valence-electron chi connectivity index (χ0n) is 14.4. The molecule has 1 aliphatic rings. The molecule has 21 heavy (non-hydrogen) atoms. The zero-order valence-corrected chi connectivity index (χ0v) is 16.0. The Bertz CT molecular complexity index is 429. The molecular weight excluding hydrogens is 324 g/mol. The molecule has 0 radical (unpaired) electrons. The van der Waals surface area contributed by atoms with Crippen LogP contribution in [-0.4, -0.2) is 4.57 Å². The minimum absolute atomic E-state index is 0. The van der Waals surface area contributed by atoms with Gasteiger partial charge in [0, 0.05) is 12.8 Å². The topological polar surface area (TPSA) is 8.81 Å². The highest BCUT2D eigenvalue weighted by atomic mass is 79.9. The molecule has 3 heteroatoms. The van der Waals surface area contributed by atoms with Gasteiger partial charge < -0.3 is 17.0 Å². The summed E-state index contributed by atoms with van der Waals surface area (Å²) in [5.41, 5.74) is 3.63. The quantitative estimate of drug-likeness (QED) is 0.536. The van der Waals surface area contributed by atoms with E-state index in [1.807, 2.05) is 0 Å². The summed E-state index contributed by atoms with van der Waals surface area (Å²) < 4.78 is 5.12. The Kier molecular flexibility index (Phi) is 7.46. The summed E-state index contributed by atoms with van der Waals surface area (Å²) in [7, 11) is 0. The summed E-state index contributed by atoms with van der Waals surface area (Å²) in [5, 5.41) is 0. The van der Waals surface area contributed by atoms with Crippen molar-refractivity contribution >= 4 is 0 Å². The monoisotopic (exact) mass is 356 g/mol. The first kappa shape index (κ1) is 18.7. The Labute approximate surface area is 141 Å². The van der Waals surface area contributed by atoms with Crippen LogP contribution in [-0.2, 0) is 25.9 Å². The predicted molar refractivity (Wildman–Crippen MR) is 84.9 cm³/mol. The number of rotatable bonds is 6. The Balaban J connectivity index is 0.00000220. The maximum atomic E-state index is 2.57. The molecule has 122 valence electrons. The van der Waals surface area contributed by atoms with E-state index in [1.165, 1.54) is 57.9 Å². The Morgan fingerprint density at radius 1 is 1.10 bits per heavy atom. The molecule has 0 unspecified atom stereocenters. The summed E-state index contributed by atoms with van der Waals surface area (Å²) in [6, 6.07) is 0. The first-order valence-corrected chi connectivity index (χ1v) is 8.61. The van der Waals surface area contributed by atoms with Gasteiger partial charge in [-0.25, -0.2) is 9.13 Å². The first-order chi connectivity index (χ1) is 9.51. The van der Waals surface area contributed by atoms with Crippen molar-refractivity contribution in [1.82, 2.24) is 4.57 Å². The highest BCUT2D eigenvalue weighted by molar-refractivity contribution is 5.11. The molecule has 0 atom stereocenters. The molecular formula is C18H33BrN2. The van der Waals surface area contributed by atoms with E-state index in [0.29, 0.717) is 5.41 Å². The van der Waals surface area contributed by atoms with Gasteiger partial charge in [0.2, 0.25) is 6.33 Å². The maximum Gasteiger partial charge on any atom is 0.244 e. The second-order valence-electron chi connectivity index (χ2n) is 7.66. The van der Waals surface area contributed by atoms with E-state index in [0.717, 1.165) is 6.54 Å². The van der Waals surface area contributed by atoms with Crippen molar-refractivity contribution in [2.45, 2.75) is 92.2 Å². The largest absolute Gasteiger partial charge is 1.00 e. The molecule has 0 spiro atoms. The molecule has 1 heterocycles. The highest BCUT2D eigenvalue weighted by Gasteiger charge is 2.27. The summed E-state index contributed by atoms with van der Waals surface area (Å²) in [6.45, 7) is 11.7. The summed E-state index contributed by atoms with van der Waals surface area (Å²) >= 11 is 0. The third-order valence-electron chi connectivity index (χ3n) is 4.28. The third-order valence-corrected chi connectivity index (χ3v) is 4.28. The van der Waals surface area contributed by atoms with Crippen LogP contribution in [0.5, 0.6) is 0 Å². The lowest BCUT2D eigenvalue weighted by Gasteiger charge is -2.17. The number of unbranched alkanes of at least 4 members (excludes halogenated alkanes) is 3. The molecule has 0 bridgehead atoms. The third kappa shape index (κ3) is 5.43. The Morgan fingerprint density at radius 3 is 2.48 bits per heavy atom. The van der Waals surface area contributed by atoms with Crippen molar-refractivity contribution in [3.05, 3.63) is 17.7 Å². The predicted octanol–water partition coefficient (Wildman–Crippen LogP) is 1.28. The van der Waals surface area contributed by atoms with Crippen molar-refractivity contribution in [2.75, 3.05) is 0 Å².